The topological polar surface area (TPSA) is 43.9 Å². The summed E-state index contributed by atoms with van der Waals surface area (Å²) in [6.07, 6.45) is 3.00. The molecule has 3 rings (SSSR count). The van der Waals surface area contributed by atoms with E-state index in [4.69, 9.17) is 0 Å². The molecule has 5 nitrogen and oxygen atoms in total. The molecule has 2 aliphatic rings. The van der Waals surface area contributed by atoms with Gasteiger partial charge in [0, 0.05) is 33.2 Å². The Morgan fingerprint density at radius 2 is 1.87 bits per heavy atom. The van der Waals surface area contributed by atoms with E-state index < -0.39 is 10.2 Å². The molecule has 1 aromatic rings. The molecule has 23 heavy (non-hydrogen) atoms. The van der Waals surface area contributed by atoms with Crippen molar-refractivity contribution in [1.29, 1.82) is 0 Å². The molecule has 1 aliphatic heterocycles. The maximum absolute atomic E-state index is 13.0. The van der Waals surface area contributed by atoms with Crippen LogP contribution in [-0.4, -0.2) is 61.7 Å². The summed E-state index contributed by atoms with van der Waals surface area (Å²) < 4.78 is 29.3. The van der Waals surface area contributed by atoms with Gasteiger partial charge in [-0.15, -0.1) is 0 Å². The van der Waals surface area contributed by atoms with Gasteiger partial charge in [0.05, 0.1) is 6.04 Å². The third kappa shape index (κ3) is 3.31. The van der Waals surface area contributed by atoms with Crippen molar-refractivity contribution in [1.82, 2.24) is 13.5 Å². The van der Waals surface area contributed by atoms with Crippen molar-refractivity contribution in [2.24, 2.45) is 0 Å². The highest BCUT2D eigenvalue weighted by atomic mass is 32.2. The van der Waals surface area contributed by atoms with Gasteiger partial charge in [-0.1, -0.05) is 31.2 Å². The molecular formula is C17H27N3O2S. The number of fused-ring (bicyclic) bond motifs is 1. The fraction of sp³-hybridized carbons (Fsp3) is 0.647. The van der Waals surface area contributed by atoms with E-state index in [9.17, 15) is 8.42 Å². The molecule has 128 valence electrons. The fourth-order valence-corrected chi connectivity index (χ4v) is 5.25. The largest absolute Gasteiger partial charge is 0.301 e. The van der Waals surface area contributed by atoms with E-state index in [0.717, 1.165) is 38.9 Å². The van der Waals surface area contributed by atoms with Crippen LogP contribution >= 0.6 is 0 Å². The fourth-order valence-electron chi connectivity index (χ4n) is 3.73. The second kappa shape index (κ2) is 6.89. The number of aryl methyl sites for hydroxylation is 1. The summed E-state index contributed by atoms with van der Waals surface area (Å²) >= 11 is 0. The van der Waals surface area contributed by atoms with Gasteiger partial charge in [0.25, 0.3) is 10.2 Å². The van der Waals surface area contributed by atoms with Gasteiger partial charge in [-0.2, -0.15) is 17.0 Å². The predicted octanol–water partition coefficient (Wildman–Crippen LogP) is 1.88. The molecule has 0 bridgehead atoms. The Morgan fingerprint density at radius 3 is 2.57 bits per heavy atom. The van der Waals surface area contributed by atoms with Crippen LogP contribution < -0.4 is 0 Å². The second-order valence-electron chi connectivity index (χ2n) is 6.46. The minimum Gasteiger partial charge on any atom is -0.301 e. The number of rotatable bonds is 4. The van der Waals surface area contributed by atoms with Crippen LogP contribution in [0.2, 0.25) is 0 Å². The summed E-state index contributed by atoms with van der Waals surface area (Å²) in [5.74, 6) is 0. The van der Waals surface area contributed by atoms with E-state index in [0.29, 0.717) is 13.1 Å². The second-order valence-corrected chi connectivity index (χ2v) is 8.45. The van der Waals surface area contributed by atoms with Gasteiger partial charge in [-0.3, -0.25) is 0 Å². The molecule has 1 fully saturated rings. The lowest BCUT2D eigenvalue weighted by Crippen LogP contribution is -2.52. The Labute approximate surface area is 140 Å². The van der Waals surface area contributed by atoms with Crippen LogP contribution in [0.25, 0.3) is 0 Å². The molecule has 1 aromatic carbocycles. The van der Waals surface area contributed by atoms with Crippen molar-refractivity contribution in [3.63, 3.8) is 0 Å². The molecular weight excluding hydrogens is 310 g/mol. The van der Waals surface area contributed by atoms with Crippen LogP contribution in [0.1, 0.15) is 36.9 Å². The normalized spacial score (nSPS) is 23.9. The van der Waals surface area contributed by atoms with Gasteiger partial charge in [0.1, 0.15) is 0 Å². The standard InChI is InChI=1S/C17H27N3O2S/c1-3-19-11-13-20(14-12-19)23(21,22)18(2)17-10-6-8-15-7-4-5-9-16(15)17/h4-5,7,9,17H,3,6,8,10-14H2,1-2H3/t17-/m1/s1. The first kappa shape index (κ1) is 16.9. The lowest BCUT2D eigenvalue weighted by molar-refractivity contribution is 0.185. The van der Waals surface area contributed by atoms with E-state index in [1.54, 1.807) is 15.7 Å². The number of piperazine rings is 1. The van der Waals surface area contributed by atoms with Crippen molar-refractivity contribution >= 4 is 10.2 Å². The average molecular weight is 337 g/mol. The van der Waals surface area contributed by atoms with Gasteiger partial charge in [-0.25, -0.2) is 0 Å². The molecule has 6 heteroatoms. The summed E-state index contributed by atoms with van der Waals surface area (Å²) in [6.45, 7) is 5.94. The lowest BCUT2D eigenvalue weighted by atomic mass is 9.88. The number of benzene rings is 1. The van der Waals surface area contributed by atoms with Gasteiger partial charge < -0.3 is 4.90 Å². The highest BCUT2D eigenvalue weighted by molar-refractivity contribution is 7.86. The minimum absolute atomic E-state index is 0.0332. The van der Waals surface area contributed by atoms with Crippen LogP contribution in [-0.2, 0) is 16.6 Å². The molecule has 0 aromatic heterocycles. The molecule has 0 N–H and O–H groups in total. The SMILES string of the molecule is CCN1CCN(S(=O)(=O)N(C)[C@@H]2CCCc3ccccc32)CC1. The summed E-state index contributed by atoms with van der Waals surface area (Å²) in [5, 5.41) is 0. The minimum atomic E-state index is -3.40. The molecule has 0 saturated carbocycles. The van der Waals surface area contributed by atoms with E-state index >= 15 is 0 Å². The molecule has 1 heterocycles. The van der Waals surface area contributed by atoms with Gasteiger partial charge in [0.2, 0.25) is 0 Å². The van der Waals surface area contributed by atoms with Crippen LogP contribution in [0, 0.1) is 0 Å². The summed E-state index contributed by atoms with van der Waals surface area (Å²) in [5.41, 5.74) is 2.47. The number of hydrogen-bond donors (Lipinski definition) is 0. The van der Waals surface area contributed by atoms with E-state index in [2.05, 4.69) is 24.0 Å². The molecule has 1 atom stereocenters. The van der Waals surface area contributed by atoms with Crippen molar-refractivity contribution in [3.8, 4) is 0 Å². The molecule has 1 aliphatic carbocycles. The maximum atomic E-state index is 13.0. The number of nitrogens with zero attached hydrogens (tertiary/aromatic N) is 3. The average Bonchev–Trinajstić information content (AvgIpc) is 2.60. The van der Waals surface area contributed by atoms with Crippen molar-refractivity contribution in [2.75, 3.05) is 39.8 Å². The van der Waals surface area contributed by atoms with E-state index in [1.807, 2.05) is 12.1 Å². The van der Waals surface area contributed by atoms with Crippen LogP contribution in [0.3, 0.4) is 0 Å². The van der Waals surface area contributed by atoms with E-state index in [-0.39, 0.29) is 6.04 Å². The Bertz CT molecular complexity index is 639. The maximum Gasteiger partial charge on any atom is 0.282 e. The van der Waals surface area contributed by atoms with Crippen molar-refractivity contribution in [3.05, 3.63) is 35.4 Å². The van der Waals surface area contributed by atoms with Gasteiger partial charge in [0.15, 0.2) is 0 Å². The Balaban J connectivity index is 1.79. The number of likely N-dealkylation sites (N-methyl/N-ethyl adjacent to an activating group) is 1. The van der Waals surface area contributed by atoms with E-state index in [1.165, 1.54) is 11.1 Å². The smallest absolute Gasteiger partial charge is 0.282 e. The van der Waals surface area contributed by atoms with Crippen molar-refractivity contribution < 1.29 is 8.42 Å². The van der Waals surface area contributed by atoms with Crippen molar-refractivity contribution in [2.45, 2.75) is 32.2 Å². The summed E-state index contributed by atoms with van der Waals surface area (Å²) in [7, 11) is -1.65. The van der Waals surface area contributed by atoms with Crippen LogP contribution in [0.15, 0.2) is 24.3 Å². The summed E-state index contributed by atoms with van der Waals surface area (Å²) in [4.78, 5) is 2.29. The molecule has 1 saturated heterocycles. The highest BCUT2D eigenvalue weighted by Crippen LogP contribution is 2.35. The van der Waals surface area contributed by atoms with Crippen LogP contribution in [0.5, 0.6) is 0 Å². The molecule has 0 amide bonds. The first-order chi connectivity index (χ1) is 11.0. The van der Waals surface area contributed by atoms with Crippen LogP contribution in [0.4, 0.5) is 0 Å². The predicted molar refractivity (Wildman–Crippen MR) is 92.5 cm³/mol. The zero-order valence-electron chi connectivity index (χ0n) is 14.1. The Morgan fingerprint density at radius 1 is 1.17 bits per heavy atom. The Kier molecular flexibility index (Phi) is 5.06. The third-order valence-corrected chi connectivity index (χ3v) is 7.25. The zero-order chi connectivity index (χ0) is 16.4. The first-order valence-electron chi connectivity index (χ1n) is 8.57. The summed E-state index contributed by atoms with van der Waals surface area (Å²) in [6, 6.07) is 8.23. The monoisotopic (exact) mass is 337 g/mol. The zero-order valence-corrected chi connectivity index (χ0v) is 14.9. The third-order valence-electron chi connectivity index (χ3n) is 5.25. The van der Waals surface area contributed by atoms with Gasteiger partial charge in [-0.05, 0) is 36.9 Å². The molecule has 0 spiro atoms. The molecule has 0 unspecified atom stereocenters. The first-order valence-corrected chi connectivity index (χ1v) is 9.97. The quantitative estimate of drug-likeness (QED) is 0.843. The number of hydrogen-bond acceptors (Lipinski definition) is 3. The van der Waals surface area contributed by atoms with Gasteiger partial charge >= 0.3 is 0 Å². The Hall–Kier alpha value is -0.950. The lowest BCUT2D eigenvalue weighted by Gasteiger charge is -2.39. The molecule has 0 radical (unpaired) electrons. The highest BCUT2D eigenvalue weighted by Gasteiger charge is 2.36.